The fraction of sp³-hybridized carbons (Fsp3) is 0.417. The summed E-state index contributed by atoms with van der Waals surface area (Å²) >= 11 is 1.60. The van der Waals surface area contributed by atoms with Crippen LogP contribution in [0, 0.1) is 6.92 Å². The number of carbonyl (C=O) groups is 1. The van der Waals surface area contributed by atoms with Crippen LogP contribution in [-0.2, 0) is 9.53 Å². The lowest BCUT2D eigenvalue weighted by molar-refractivity contribution is -0.137. The van der Waals surface area contributed by atoms with E-state index in [0.717, 1.165) is 38.5 Å². The molecule has 0 aromatic carbocycles. The van der Waals surface area contributed by atoms with E-state index in [4.69, 9.17) is 19.6 Å². The van der Waals surface area contributed by atoms with Crippen LogP contribution in [0.25, 0.3) is 22.3 Å². The number of ether oxygens (including phenoxy) is 2. The molecule has 0 aliphatic carbocycles. The van der Waals surface area contributed by atoms with Gasteiger partial charge in [0.2, 0.25) is 5.88 Å². The van der Waals surface area contributed by atoms with Crippen LogP contribution in [0.1, 0.15) is 52.8 Å². The molecular formula is C24H30N4O3S. The van der Waals surface area contributed by atoms with Crippen molar-refractivity contribution in [3.05, 3.63) is 41.9 Å². The molecule has 3 rings (SSSR count). The van der Waals surface area contributed by atoms with E-state index in [2.05, 4.69) is 18.8 Å². The van der Waals surface area contributed by atoms with Crippen LogP contribution in [0.5, 0.6) is 5.88 Å². The van der Waals surface area contributed by atoms with Gasteiger partial charge < -0.3 is 9.47 Å². The number of hydrogen-bond donors (Lipinski definition) is 0. The first kappa shape index (κ1) is 23.8. The van der Waals surface area contributed by atoms with Crippen LogP contribution >= 0.6 is 11.8 Å². The van der Waals surface area contributed by atoms with Crippen molar-refractivity contribution in [2.45, 2.75) is 58.9 Å². The van der Waals surface area contributed by atoms with Crippen molar-refractivity contribution in [2.24, 2.45) is 0 Å². The highest BCUT2D eigenvalue weighted by Crippen LogP contribution is 2.36. The zero-order chi connectivity index (χ0) is 23.3. The molecule has 0 bridgehead atoms. The van der Waals surface area contributed by atoms with E-state index in [-0.39, 0.29) is 12.0 Å². The van der Waals surface area contributed by atoms with Gasteiger partial charge in [0.25, 0.3) is 0 Å². The van der Waals surface area contributed by atoms with Gasteiger partial charge in [0.05, 0.1) is 36.2 Å². The number of fused-ring (bicyclic) bond motifs is 1. The van der Waals surface area contributed by atoms with Gasteiger partial charge in [-0.3, -0.25) is 9.48 Å². The standard InChI is InChI=1S/C24H30N4O3S/c1-7-30-24-18(9-8-11-25-24)19-13-20(32-12-10-21(29)31-14-15(2)3)23-22(26-19)17(6)27-28(23)16(4)5/h8-9,11,13-14,16H,7,10,12H2,1-6H3. The van der Waals surface area contributed by atoms with Gasteiger partial charge in [-0.2, -0.15) is 5.10 Å². The Morgan fingerprint density at radius 2 is 2.09 bits per heavy atom. The molecule has 3 aromatic rings. The summed E-state index contributed by atoms with van der Waals surface area (Å²) in [5.41, 5.74) is 5.24. The second-order valence-corrected chi connectivity index (χ2v) is 9.04. The fourth-order valence-corrected chi connectivity index (χ4v) is 4.20. The molecule has 0 atom stereocenters. The number of aromatic nitrogens is 4. The Kier molecular flexibility index (Phi) is 7.90. The summed E-state index contributed by atoms with van der Waals surface area (Å²) in [6, 6.07) is 6.05. The smallest absolute Gasteiger partial charge is 0.311 e. The normalized spacial score (nSPS) is 11.1. The Morgan fingerprint density at radius 3 is 2.78 bits per heavy atom. The SMILES string of the molecule is CCOc1ncccc1-c1cc(SCCC(=O)OC=C(C)C)c2c(n1)c(C)nn2C(C)C. The largest absolute Gasteiger partial charge is 0.477 e. The minimum atomic E-state index is -0.247. The number of allylic oxidation sites excluding steroid dienone is 1. The molecular weight excluding hydrogens is 424 g/mol. The van der Waals surface area contributed by atoms with Crippen molar-refractivity contribution in [1.82, 2.24) is 19.7 Å². The molecule has 0 saturated heterocycles. The number of hydrogen-bond acceptors (Lipinski definition) is 7. The molecule has 0 N–H and O–H groups in total. The van der Waals surface area contributed by atoms with E-state index in [9.17, 15) is 4.79 Å². The van der Waals surface area contributed by atoms with Crippen LogP contribution < -0.4 is 4.74 Å². The van der Waals surface area contributed by atoms with Crippen LogP contribution in [0.3, 0.4) is 0 Å². The number of aryl methyl sites for hydroxylation is 1. The van der Waals surface area contributed by atoms with E-state index in [1.54, 1.807) is 18.0 Å². The maximum Gasteiger partial charge on any atom is 0.311 e. The van der Waals surface area contributed by atoms with Crippen molar-refractivity contribution in [3.8, 4) is 17.1 Å². The Bertz CT molecular complexity index is 1130. The molecule has 3 heterocycles. The van der Waals surface area contributed by atoms with Gasteiger partial charge in [-0.05, 0) is 65.3 Å². The summed E-state index contributed by atoms with van der Waals surface area (Å²) in [5.74, 6) is 0.891. The molecule has 0 spiro atoms. The second kappa shape index (κ2) is 10.6. The minimum absolute atomic E-state index is 0.179. The zero-order valence-electron chi connectivity index (χ0n) is 19.5. The van der Waals surface area contributed by atoms with Gasteiger partial charge in [-0.1, -0.05) is 0 Å². The monoisotopic (exact) mass is 454 g/mol. The zero-order valence-corrected chi connectivity index (χ0v) is 20.3. The van der Waals surface area contributed by atoms with E-state index >= 15 is 0 Å². The summed E-state index contributed by atoms with van der Waals surface area (Å²) in [7, 11) is 0. The number of rotatable bonds is 9. The van der Waals surface area contributed by atoms with Crippen LogP contribution in [0.2, 0.25) is 0 Å². The van der Waals surface area contributed by atoms with Gasteiger partial charge in [0.1, 0.15) is 11.0 Å². The summed E-state index contributed by atoms with van der Waals surface area (Å²) in [4.78, 5) is 22.4. The number of esters is 1. The molecule has 8 heteroatoms. The van der Waals surface area contributed by atoms with Crippen molar-refractivity contribution >= 4 is 28.8 Å². The average molecular weight is 455 g/mol. The highest BCUT2D eigenvalue weighted by Gasteiger charge is 2.20. The Morgan fingerprint density at radius 1 is 1.31 bits per heavy atom. The average Bonchev–Trinajstić information content (AvgIpc) is 3.10. The predicted molar refractivity (Wildman–Crippen MR) is 128 cm³/mol. The molecule has 0 fully saturated rings. The second-order valence-electron chi connectivity index (χ2n) is 7.90. The maximum absolute atomic E-state index is 12.1. The van der Waals surface area contributed by atoms with E-state index in [1.807, 2.05) is 50.6 Å². The Hall–Kier alpha value is -2.87. The third kappa shape index (κ3) is 5.48. The van der Waals surface area contributed by atoms with Gasteiger partial charge in [0, 0.05) is 22.9 Å². The predicted octanol–water partition coefficient (Wildman–Crippen LogP) is 5.73. The maximum atomic E-state index is 12.1. The molecule has 0 amide bonds. The molecule has 0 aliphatic rings. The van der Waals surface area contributed by atoms with E-state index in [1.165, 1.54) is 6.26 Å². The van der Waals surface area contributed by atoms with E-state index in [0.29, 0.717) is 24.7 Å². The van der Waals surface area contributed by atoms with Crippen LogP contribution in [0.15, 0.2) is 41.1 Å². The number of thioether (sulfide) groups is 1. The number of carbonyl (C=O) groups excluding carboxylic acids is 1. The topological polar surface area (TPSA) is 79.1 Å². The van der Waals surface area contributed by atoms with Gasteiger partial charge in [0.15, 0.2) is 0 Å². The van der Waals surface area contributed by atoms with Gasteiger partial charge in [-0.15, -0.1) is 11.8 Å². The molecule has 32 heavy (non-hydrogen) atoms. The summed E-state index contributed by atoms with van der Waals surface area (Å²) in [6.07, 6.45) is 3.51. The molecule has 0 unspecified atom stereocenters. The molecule has 0 radical (unpaired) electrons. The molecule has 0 aliphatic heterocycles. The fourth-order valence-electron chi connectivity index (χ4n) is 3.19. The van der Waals surface area contributed by atoms with Crippen LogP contribution in [0.4, 0.5) is 0 Å². The molecule has 3 aromatic heterocycles. The van der Waals surface area contributed by atoms with Gasteiger partial charge in [-0.25, -0.2) is 9.97 Å². The van der Waals surface area contributed by atoms with Crippen molar-refractivity contribution < 1.29 is 14.3 Å². The first-order valence-electron chi connectivity index (χ1n) is 10.8. The third-order valence-corrected chi connectivity index (χ3v) is 5.62. The third-order valence-electron chi connectivity index (χ3n) is 4.59. The highest BCUT2D eigenvalue weighted by atomic mass is 32.2. The lowest BCUT2D eigenvalue weighted by Crippen LogP contribution is -2.05. The summed E-state index contributed by atoms with van der Waals surface area (Å²) in [5, 5.41) is 4.73. The lowest BCUT2D eigenvalue weighted by atomic mass is 10.1. The number of pyridine rings is 2. The molecule has 170 valence electrons. The lowest BCUT2D eigenvalue weighted by Gasteiger charge is -2.13. The quantitative estimate of drug-likeness (QED) is 0.232. The Labute approximate surface area is 193 Å². The molecule has 7 nitrogen and oxygen atoms in total. The summed E-state index contributed by atoms with van der Waals surface area (Å²) in [6.45, 7) is 12.4. The first-order valence-corrected chi connectivity index (χ1v) is 11.7. The van der Waals surface area contributed by atoms with Gasteiger partial charge >= 0.3 is 5.97 Å². The Balaban J connectivity index is 2.01. The van der Waals surface area contributed by atoms with Crippen molar-refractivity contribution in [2.75, 3.05) is 12.4 Å². The van der Waals surface area contributed by atoms with Crippen LogP contribution in [-0.4, -0.2) is 38.1 Å². The summed E-state index contributed by atoms with van der Waals surface area (Å²) < 4.78 is 12.9. The first-order chi connectivity index (χ1) is 15.3. The molecule has 0 saturated carbocycles. The van der Waals surface area contributed by atoms with Crippen molar-refractivity contribution in [3.63, 3.8) is 0 Å². The number of nitrogens with zero attached hydrogens (tertiary/aromatic N) is 4. The highest BCUT2D eigenvalue weighted by molar-refractivity contribution is 7.99. The minimum Gasteiger partial charge on any atom is -0.477 e. The van der Waals surface area contributed by atoms with E-state index < -0.39 is 0 Å². The van der Waals surface area contributed by atoms with Crippen molar-refractivity contribution in [1.29, 1.82) is 0 Å².